The van der Waals surface area contributed by atoms with Crippen LogP contribution in [-0.2, 0) is 4.74 Å². The van der Waals surface area contributed by atoms with Crippen molar-refractivity contribution in [3.63, 3.8) is 0 Å². The maximum Gasteiger partial charge on any atom is 0.141 e. The molecule has 0 saturated carbocycles. The Balaban J connectivity index is 1.59. The molecule has 0 unspecified atom stereocenters. The smallest absolute Gasteiger partial charge is 0.141 e. The molecule has 3 aromatic carbocycles. The SMILES string of the molecule is C=C(OCC)c1ccc(-c2cn([C@@H](c3ccccc3)c3ccccn3)c3cc(-c4c(C)noc4C)ccc23)cc1. The number of benzene rings is 3. The van der Waals surface area contributed by atoms with Crippen molar-refractivity contribution in [2.24, 2.45) is 0 Å². The first-order valence-corrected chi connectivity index (χ1v) is 13.5. The van der Waals surface area contributed by atoms with Crippen LogP contribution in [0.2, 0.25) is 0 Å². The molecule has 0 fully saturated rings. The molecule has 5 heteroatoms. The van der Waals surface area contributed by atoms with E-state index in [0.717, 1.165) is 61.4 Å². The maximum absolute atomic E-state index is 5.63. The first-order chi connectivity index (χ1) is 19.5. The number of pyridine rings is 1. The minimum absolute atomic E-state index is 0.115. The zero-order chi connectivity index (χ0) is 27.6. The quantitative estimate of drug-likeness (QED) is 0.187. The van der Waals surface area contributed by atoms with Gasteiger partial charge in [0, 0.05) is 34.5 Å². The average Bonchev–Trinajstić information content (AvgIpc) is 3.53. The van der Waals surface area contributed by atoms with Crippen LogP contribution in [0.15, 0.2) is 114 Å². The fourth-order valence-corrected chi connectivity index (χ4v) is 5.49. The molecule has 0 N–H and O–H groups in total. The molecule has 198 valence electrons. The largest absolute Gasteiger partial charge is 0.494 e. The summed E-state index contributed by atoms with van der Waals surface area (Å²) >= 11 is 0. The molecule has 0 amide bonds. The van der Waals surface area contributed by atoms with Crippen LogP contribution >= 0.6 is 0 Å². The minimum Gasteiger partial charge on any atom is -0.494 e. The van der Waals surface area contributed by atoms with E-state index in [4.69, 9.17) is 14.2 Å². The lowest BCUT2D eigenvalue weighted by atomic mass is 9.99. The molecular weight excluding hydrogens is 494 g/mol. The topological polar surface area (TPSA) is 53.1 Å². The molecule has 3 aromatic heterocycles. The lowest BCUT2D eigenvalue weighted by Crippen LogP contribution is -2.12. The summed E-state index contributed by atoms with van der Waals surface area (Å²) < 4.78 is 13.5. The van der Waals surface area contributed by atoms with Crippen LogP contribution in [-0.4, -0.2) is 21.3 Å². The predicted octanol–water partition coefficient (Wildman–Crippen LogP) is 8.62. The van der Waals surface area contributed by atoms with Gasteiger partial charge in [-0.1, -0.05) is 84.5 Å². The minimum atomic E-state index is -0.115. The number of aryl methyl sites for hydroxylation is 2. The Morgan fingerprint density at radius 1 is 0.925 bits per heavy atom. The van der Waals surface area contributed by atoms with Gasteiger partial charge in [0.2, 0.25) is 0 Å². The number of aromatic nitrogens is 3. The number of rotatable bonds is 8. The van der Waals surface area contributed by atoms with Gasteiger partial charge < -0.3 is 13.8 Å². The van der Waals surface area contributed by atoms with E-state index in [9.17, 15) is 0 Å². The van der Waals surface area contributed by atoms with E-state index in [1.807, 2.05) is 45.2 Å². The van der Waals surface area contributed by atoms with Crippen LogP contribution < -0.4 is 0 Å². The highest BCUT2D eigenvalue weighted by Gasteiger charge is 2.23. The number of hydrogen-bond donors (Lipinski definition) is 0. The summed E-state index contributed by atoms with van der Waals surface area (Å²) in [5.41, 5.74) is 9.47. The molecule has 0 aliphatic heterocycles. The van der Waals surface area contributed by atoms with E-state index < -0.39 is 0 Å². The summed E-state index contributed by atoms with van der Waals surface area (Å²) in [6.07, 6.45) is 4.11. The number of fused-ring (bicyclic) bond motifs is 1. The third-order valence-electron chi connectivity index (χ3n) is 7.35. The summed E-state index contributed by atoms with van der Waals surface area (Å²) in [5.74, 6) is 1.49. The van der Waals surface area contributed by atoms with Crippen molar-refractivity contribution in [2.75, 3.05) is 6.61 Å². The standard InChI is InChI=1S/C35H31N3O2/c1-5-39-24(3)26-14-16-27(17-15-26)31-22-38(35(28-11-7-6-8-12-28)32-13-9-10-20-36-32)33-21-29(18-19-30(31)33)34-23(2)37-40-25(34)4/h6-22,35H,3,5H2,1-2,4H3/t35-/m0/s1. The second-order valence-electron chi connectivity index (χ2n) is 9.88. The second kappa shape index (κ2) is 10.7. The molecule has 0 radical (unpaired) electrons. The zero-order valence-electron chi connectivity index (χ0n) is 23.0. The van der Waals surface area contributed by atoms with Gasteiger partial charge in [-0.25, -0.2) is 0 Å². The number of nitrogens with zero attached hydrogens (tertiary/aromatic N) is 3. The summed E-state index contributed by atoms with van der Waals surface area (Å²) in [7, 11) is 0. The highest BCUT2D eigenvalue weighted by atomic mass is 16.5. The van der Waals surface area contributed by atoms with Gasteiger partial charge in [-0.15, -0.1) is 0 Å². The maximum atomic E-state index is 5.63. The first kappa shape index (κ1) is 25.4. The average molecular weight is 526 g/mol. The van der Waals surface area contributed by atoms with E-state index in [-0.39, 0.29) is 6.04 Å². The van der Waals surface area contributed by atoms with Crippen LogP contribution in [0.25, 0.3) is 38.9 Å². The highest BCUT2D eigenvalue weighted by molar-refractivity contribution is 5.98. The van der Waals surface area contributed by atoms with Gasteiger partial charge in [0.1, 0.15) is 17.6 Å². The molecule has 0 aliphatic carbocycles. The molecule has 6 aromatic rings. The molecule has 3 heterocycles. The van der Waals surface area contributed by atoms with Crippen molar-refractivity contribution in [3.8, 4) is 22.3 Å². The van der Waals surface area contributed by atoms with Crippen LogP contribution in [0.1, 0.15) is 41.2 Å². The third-order valence-corrected chi connectivity index (χ3v) is 7.35. The Hall–Kier alpha value is -4.90. The molecular formula is C35H31N3O2. The first-order valence-electron chi connectivity index (χ1n) is 13.5. The Morgan fingerprint density at radius 2 is 1.68 bits per heavy atom. The molecule has 5 nitrogen and oxygen atoms in total. The Morgan fingerprint density at radius 3 is 2.35 bits per heavy atom. The molecule has 0 bridgehead atoms. The lowest BCUT2D eigenvalue weighted by Gasteiger charge is -2.21. The van der Waals surface area contributed by atoms with Crippen molar-refractivity contribution in [2.45, 2.75) is 26.8 Å². The van der Waals surface area contributed by atoms with Crippen molar-refractivity contribution in [1.29, 1.82) is 0 Å². The number of ether oxygens (including phenoxy) is 1. The van der Waals surface area contributed by atoms with E-state index in [0.29, 0.717) is 12.4 Å². The molecule has 1 atom stereocenters. The molecule has 0 aliphatic rings. The van der Waals surface area contributed by atoms with Gasteiger partial charge in [0.05, 0.1) is 23.5 Å². The van der Waals surface area contributed by atoms with Crippen molar-refractivity contribution in [3.05, 3.63) is 138 Å². The van der Waals surface area contributed by atoms with Gasteiger partial charge in [-0.3, -0.25) is 4.98 Å². The Kier molecular flexibility index (Phi) is 6.79. The second-order valence-corrected chi connectivity index (χ2v) is 9.88. The third kappa shape index (κ3) is 4.60. The Bertz CT molecular complexity index is 1720. The number of hydrogen-bond acceptors (Lipinski definition) is 4. The summed E-state index contributed by atoms with van der Waals surface area (Å²) in [6.45, 7) is 10.6. The van der Waals surface area contributed by atoms with Crippen LogP contribution in [0, 0.1) is 13.8 Å². The fraction of sp³-hybridized carbons (Fsp3) is 0.143. The van der Waals surface area contributed by atoms with Gasteiger partial charge in [-0.2, -0.15) is 0 Å². The zero-order valence-corrected chi connectivity index (χ0v) is 23.0. The van der Waals surface area contributed by atoms with Crippen molar-refractivity contribution < 1.29 is 9.26 Å². The van der Waals surface area contributed by atoms with Crippen molar-refractivity contribution in [1.82, 2.24) is 14.7 Å². The fourth-order valence-electron chi connectivity index (χ4n) is 5.49. The highest BCUT2D eigenvalue weighted by Crippen LogP contribution is 2.39. The van der Waals surface area contributed by atoms with Gasteiger partial charge >= 0.3 is 0 Å². The van der Waals surface area contributed by atoms with E-state index >= 15 is 0 Å². The Labute approximate surface area is 234 Å². The van der Waals surface area contributed by atoms with E-state index in [2.05, 4.69) is 95.3 Å². The van der Waals surface area contributed by atoms with Crippen molar-refractivity contribution >= 4 is 16.7 Å². The lowest BCUT2D eigenvalue weighted by molar-refractivity contribution is 0.299. The van der Waals surface area contributed by atoms with Crippen LogP contribution in [0.3, 0.4) is 0 Å². The van der Waals surface area contributed by atoms with Gasteiger partial charge in [-0.05, 0) is 55.7 Å². The summed E-state index contributed by atoms with van der Waals surface area (Å²) in [4.78, 5) is 4.80. The summed E-state index contributed by atoms with van der Waals surface area (Å²) in [6, 6.07) is 31.5. The van der Waals surface area contributed by atoms with Gasteiger partial charge in [0.15, 0.2) is 0 Å². The van der Waals surface area contributed by atoms with Crippen LogP contribution in [0.5, 0.6) is 0 Å². The van der Waals surface area contributed by atoms with Gasteiger partial charge in [0.25, 0.3) is 0 Å². The van der Waals surface area contributed by atoms with Crippen LogP contribution in [0.4, 0.5) is 0 Å². The monoisotopic (exact) mass is 525 g/mol. The van der Waals surface area contributed by atoms with E-state index in [1.54, 1.807) is 0 Å². The predicted molar refractivity (Wildman–Crippen MR) is 161 cm³/mol. The molecule has 6 rings (SSSR count). The molecule has 0 spiro atoms. The normalized spacial score (nSPS) is 12.0. The summed E-state index contributed by atoms with van der Waals surface area (Å²) in [5, 5.41) is 5.36. The molecule has 0 saturated heterocycles. The van der Waals surface area contributed by atoms with E-state index in [1.165, 1.54) is 0 Å². The molecule has 40 heavy (non-hydrogen) atoms.